The van der Waals surface area contributed by atoms with Crippen molar-refractivity contribution in [1.82, 2.24) is 14.5 Å². The first-order valence-corrected chi connectivity index (χ1v) is 5.87. The summed E-state index contributed by atoms with van der Waals surface area (Å²) in [5, 5.41) is 0. The van der Waals surface area contributed by atoms with E-state index >= 15 is 0 Å². The summed E-state index contributed by atoms with van der Waals surface area (Å²) in [5.41, 5.74) is -2.54. The zero-order valence-electron chi connectivity index (χ0n) is 9.47. The number of thiol groups is 1. The van der Waals surface area contributed by atoms with Crippen LogP contribution in [0.3, 0.4) is 0 Å². The average molecular weight is 275 g/mol. The lowest BCUT2D eigenvalue weighted by Crippen LogP contribution is -2.44. The molecule has 2 N–H and O–H groups in total. The van der Waals surface area contributed by atoms with Gasteiger partial charge in [-0.2, -0.15) is 12.6 Å². The quantitative estimate of drug-likeness (QED) is 0.431. The van der Waals surface area contributed by atoms with Gasteiger partial charge in [0, 0.05) is 6.42 Å². The van der Waals surface area contributed by atoms with Gasteiger partial charge in [-0.25, -0.2) is 19.0 Å². The molecule has 0 aliphatic carbocycles. The van der Waals surface area contributed by atoms with Crippen LogP contribution in [0.25, 0.3) is 0 Å². The Morgan fingerprint density at radius 2 is 1.83 bits per heavy atom. The molecule has 0 fully saturated rings. The van der Waals surface area contributed by atoms with Gasteiger partial charge in [0.2, 0.25) is 0 Å². The van der Waals surface area contributed by atoms with E-state index in [-0.39, 0.29) is 19.6 Å². The van der Waals surface area contributed by atoms with Crippen LogP contribution in [0.15, 0.2) is 14.4 Å². The summed E-state index contributed by atoms with van der Waals surface area (Å²) in [4.78, 5) is 48.2. The predicted molar refractivity (Wildman–Crippen MR) is 66.0 cm³/mol. The van der Waals surface area contributed by atoms with E-state index in [2.05, 4.69) is 12.6 Å². The third-order valence-electron chi connectivity index (χ3n) is 2.05. The fourth-order valence-corrected chi connectivity index (χ4v) is 1.36. The average Bonchev–Trinajstić information content (AvgIpc) is 2.29. The molecule has 0 amide bonds. The molecule has 0 aromatic carbocycles. The summed E-state index contributed by atoms with van der Waals surface area (Å²) >= 11 is 3.95. The third kappa shape index (κ3) is 4.24. The zero-order valence-corrected chi connectivity index (χ0v) is 10.4. The first kappa shape index (κ1) is 14.3. The monoisotopic (exact) mass is 275 g/mol. The minimum atomic E-state index is -0.868. The van der Waals surface area contributed by atoms with Crippen molar-refractivity contribution in [3.05, 3.63) is 31.5 Å². The Morgan fingerprint density at radius 3 is 2.39 bits per heavy atom. The molecule has 0 saturated heterocycles. The Morgan fingerprint density at radius 1 is 1.22 bits per heavy atom. The topological polar surface area (TPSA) is 114 Å². The molecule has 0 aliphatic heterocycles. The third-order valence-corrected chi connectivity index (χ3v) is 2.36. The van der Waals surface area contributed by atoms with Gasteiger partial charge >= 0.3 is 23.0 Å². The molecule has 0 radical (unpaired) electrons. The molecule has 0 atom stereocenters. The number of nitrogens with zero attached hydrogens (tertiary/aromatic N) is 1. The second kappa shape index (κ2) is 6.84. The molecule has 0 saturated carbocycles. The Kier molecular flexibility index (Phi) is 5.43. The molecule has 9 heteroatoms. The highest BCUT2D eigenvalue weighted by atomic mass is 32.1. The van der Waals surface area contributed by atoms with E-state index in [1.54, 1.807) is 0 Å². The maximum atomic E-state index is 11.2. The molecule has 0 spiro atoms. The van der Waals surface area contributed by atoms with Gasteiger partial charge in [-0.05, 0) is 12.2 Å². The van der Waals surface area contributed by atoms with Gasteiger partial charge in [-0.3, -0.25) is 14.8 Å². The lowest BCUT2D eigenvalue weighted by molar-refractivity contribution is -0.143. The number of esters is 1. The van der Waals surface area contributed by atoms with Crippen molar-refractivity contribution in [2.24, 2.45) is 0 Å². The van der Waals surface area contributed by atoms with Crippen molar-refractivity contribution in [2.45, 2.75) is 19.4 Å². The van der Waals surface area contributed by atoms with Crippen molar-refractivity contribution in [3.63, 3.8) is 0 Å². The normalized spacial score (nSPS) is 10.3. The van der Waals surface area contributed by atoms with Crippen LogP contribution in [-0.4, -0.2) is 32.9 Å². The van der Waals surface area contributed by atoms with Crippen LogP contribution >= 0.6 is 12.6 Å². The van der Waals surface area contributed by atoms with Gasteiger partial charge < -0.3 is 4.74 Å². The first-order valence-electron chi connectivity index (χ1n) is 5.24. The maximum Gasteiger partial charge on any atom is 0.333 e. The van der Waals surface area contributed by atoms with Crippen LogP contribution in [0.5, 0.6) is 0 Å². The minimum absolute atomic E-state index is 0.111. The van der Waals surface area contributed by atoms with Crippen molar-refractivity contribution < 1.29 is 9.53 Å². The molecule has 0 aliphatic rings. The Bertz CT molecular complexity index is 538. The van der Waals surface area contributed by atoms with E-state index in [0.717, 1.165) is 4.57 Å². The number of carbonyl (C=O) groups is 1. The van der Waals surface area contributed by atoms with Crippen LogP contribution in [0, 0.1) is 0 Å². The van der Waals surface area contributed by atoms with Crippen LogP contribution in [0.4, 0.5) is 0 Å². The first-order chi connectivity index (χ1) is 8.54. The van der Waals surface area contributed by atoms with Crippen LogP contribution in [0.1, 0.15) is 12.8 Å². The number of aromatic nitrogens is 3. The number of aromatic amines is 2. The van der Waals surface area contributed by atoms with Crippen molar-refractivity contribution >= 4 is 18.6 Å². The largest absolute Gasteiger partial charge is 0.464 e. The molecule has 0 unspecified atom stereocenters. The minimum Gasteiger partial charge on any atom is -0.464 e. The van der Waals surface area contributed by atoms with E-state index in [0.29, 0.717) is 12.2 Å². The van der Waals surface area contributed by atoms with Gasteiger partial charge in [0.1, 0.15) is 6.61 Å². The van der Waals surface area contributed by atoms with Crippen LogP contribution in [-0.2, 0) is 16.1 Å². The number of ether oxygens (including phenoxy) is 1. The number of hydrogen-bond acceptors (Lipinski definition) is 6. The van der Waals surface area contributed by atoms with Gasteiger partial charge in [0.05, 0.1) is 6.54 Å². The van der Waals surface area contributed by atoms with Gasteiger partial charge in [0.25, 0.3) is 0 Å². The SMILES string of the molecule is O=C(CCCS)OCCn1c(=O)[nH]c(=O)[nH]c1=O. The second-order valence-corrected chi connectivity index (χ2v) is 3.84. The Labute approximate surface area is 106 Å². The van der Waals surface area contributed by atoms with Gasteiger partial charge in [0.15, 0.2) is 0 Å². The smallest absolute Gasteiger partial charge is 0.333 e. The van der Waals surface area contributed by atoms with E-state index in [9.17, 15) is 19.2 Å². The summed E-state index contributed by atoms with van der Waals surface area (Å²) in [6.45, 7) is -0.224. The predicted octanol–water partition coefficient (Wildman–Crippen LogP) is -1.52. The fourth-order valence-electron chi connectivity index (χ4n) is 1.20. The van der Waals surface area contributed by atoms with E-state index in [1.165, 1.54) is 0 Å². The fraction of sp³-hybridized carbons (Fsp3) is 0.556. The van der Waals surface area contributed by atoms with E-state index < -0.39 is 23.0 Å². The summed E-state index contributed by atoms with van der Waals surface area (Å²) in [6.07, 6.45) is 0.835. The molecule has 1 aromatic rings. The number of carbonyl (C=O) groups excluding carboxylic acids is 1. The van der Waals surface area contributed by atoms with E-state index in [4.69, 9.17) is 4.74 Å². The summed E-state index contributed by atoms with van der Waals surface area (Å²) in [6, 6.07) is 0. The highest BCUT2D eigenvalue weighted by molar-refractivity contribution is 7.80. The van der Waals surface area contributed by atoms with Gasteiger partial charge in [-0.15, -0.1) is 0 Å². The standard InChI is InChI=1S/C9H13N3O5S/c13-6(2-1-5-18)17-4-3-12-8(15)10-7(14)11-9(12)16/h18H,1-5H2,(H2,10,11,14,15,16). The number of rotatable bonds is 6. The Balaban J connectivity index is 2.55. The summed E-state index contributed by atoms with van der Waals surface area (Å²) < 4.78 is 5.55. The summed E-state index contributed by atoms with van der Waals surface area (Å²) in [5.74, 6) is 0.159. The lowest BCUT2D eigenvalue weighted by Gasteiger charge is -2.05. The maximum absolute atomic E-state index is 11.2. The molecular formula is C9H13N3O5S. The molecule has 8 nitrogen and oxygen atoms in total. The van der Waals surface area contributed by atoms with Gasteiger partial charge in [-0.1, -0.05) is 0 Å². The van der Waals surface area contributed by atoms with Crippen LogP contribution < -0.4 is 17.1 Å². The number of nitrogens with one attached hydrogen (secondary N) is 2. The van der Waals surface area contributed by atoms with Crippen molar-refractivity contribution in [2.75, 3.05) is 12.4 Å². The highest BCUT2D eigenvalue weighted by Gasteiger charge is 2.05. The number of H-pyrrole nitrogens is 2. The molecule has 1 heterocycles. The van der Waals surface area contributed by atoms with Crippen LogP contribution in [0.2, 0.25) is 0 Å². The molecular weight excluding hydrogens is 262 g/mol. The zero-order chi connectivity index (χ0) is 13.5. The highest BCUT2D eigenvalue weighted by Crippen LogP contribution is 1.94. The number of hydrogen-bond donors (Lipinski definition) is 3. The molecule has 100 valence electrons. The Hall–Kier alpha value is -1.77. The molecule has 1 aromatic heterocycles. The lowest BCUT2D eigenvalue weighted by atomic mass is 10.3. The van der Waals surface area contributed by atoms with Crippen molar-refractivity contribution in [1.29, 1.82) is 0 Å². The molecule has 0 bridgehead atoms. The van der Waals surface area contributed by atoms with Crippen molar-refractivity contribution in [3.8, 4) is 0 Å². The van der Waals surface area contributed by atoms with E-state index in [1.807, 2.05) is 9.97 Å². The molecule has 1 rings (SSSR count). The second-order valence-electron chi connectivity index (χ2n) is 3.39. The summed E-state index contributed by atoms with van der Waals surface area (Å²) in [7, 11) is 0. The molecule has 18 heavy (non-hydrogen) atoms.